The van der Waals surface area contributed by atoms with Crippen LogP contribution < -0.4 is 0 Å². The molecule has 2 nitrogen and oxygen atoms in total. The maximum Gasteiger partial charge on any atom is 0.195 e. The van der Waals surface area contributed by atoms with Gasteiger partial charge in [0.25, 0.3) is 0 Å². The van der Waals surface area contributed by atoms with Crippen LogP contribution in [0, 0.1) is 0 Å². The predicted molar refractivity (Wildman–Crippen MR) is 86.1 cm³/mol. The van der Waals surface area contributed by atoms with E-state index in [1.54, 1.807) is 42.6 Å². The van der Waals surface area contributed by atoms with Gasteiger partial charge in [0.15, 0.2) is 5.78 Å². The molecule has 0 aliphatic rings. The van der Waals surface area contributed by atoms with E-state index in [0.717, 1.165) is 11.1 Å². The molecule has 0 bridgehead atoms. The summed E-state index contributed by atoms with van der Waals surface area (Å²) in [5.74, 6) is -0.0436. The number of halogens is 2. The lowest BCUT2D eigenvalue weighted by Gasteiger charge is -2.04. The van der Waals surface area contributed by atoms with Crippen molar-refractivity contribution in [3.05, 3.63) is 82.1 Å². The number of carbonyl (C=O) groups is 1. The molecule has 104 valence electrons. The van der Waals surface area contributed by atoms with Gasteiger partial charge in [0.2, 0.25) is 0 Å². The third-order valence-corrected chi connectivity index (χ3v) is 3.76. The highest BCUT2D eigenvalue weighted by Gasteiger charge is 2.15. The number of rotatable bonds is 3. The number of benzene rings is 2. The number of hydrogen-bond donors (Lipinski definition) is 1. The minimum absolute atomic E-state index is 0.0436. The molecule has 2 aromatic carbocycles. The monoisotopic (exact) mass is 315 g/mol. The summed E-state index contributed by atoms with van der Waals surface area (Å²) in [5, 5.41) is 1.28. The van der Waals surface area contributed by atoms with E-state index in [-0.39, 0.29) is 5.78 Å². The molecule has 0 atom stereocenters. The summed E-state index contributed by atoms with van der Waals surface area (Å²) in [6.45, 7) is 0. The molecule has 0 radical (unpaired) electrons. The molecule has 3 rings (SSSR count). The van der Waals surface area contributed by atoms with Crippen molar-refractivity contribution >= 4 is 29.0 Å². The van der Waals surface area contributed by atoms with E-state index in [1.807, 2.05) is 18.3 Å². The van der Waals surface area contributed by atoms with Crippen molar-refractivity contribution in [1.29, 1.82) is 0 Å². The lowest BCUT2D eigenvalue weighted by atomic mass is 9.98. The minimum Gasteiger partial charge on any atom is -0.366 e. The van der Waals surface area contributed by atoms with Gasteiger partial charge in [-0.25, -0.2) is 0 Å². The van der Waals surface area contributed by atoms with Gasteiger partial charge in [-0.15, -0.1) is 0 Å². The fraction of sp³-hybridized carbons (Fsp3) is 0. The van der Waals surface area contributed by atoms with Crippen LogP contribution in [-0.2, 0) is 0 Å². The van der Waals surface area contributed by atoms with E-state index in [2.05, 4.69) is 4.98 Å². The summed E-state index contributed by atoms with van der Waals surface area (Å²) in [4.78, 5) is 15.6. The molecule has 0 saturated carbocycles. The third-order valence-electron chi connectivity index (χ3n) is 3.25. The molecular formula is C17H11Cl2NO. The second-order valence-corrected chi connectivity index (χ2v) is 5.50. The predicted octanol–water partition coefficient (Wildman–Crippen LogP) is 5.22. The van der Waals surface area contributed by atoms with Crippen molar-refractivity contribution in [2.75, 3.05) is 0 Å². The minimum atomic E-state index is -0.0436. The molecule has 1 heterocycles. The highest BCUT2D eigenvalue weighted by Crippen LogP contribution is 2.27. The fourth-order valence-corrected chi connectivity index (χ4v) is 2.43. The number of ketones is 1. The quantitative estimate of drug-likeness (QED) is 0.660. The summed E-state index contributed by atoms with van der Waals surface area (Å²) < 4.78 is 0. The Labute approximate surface area is 132 Å². The normalized spacial score (nSPS) is 10.6. The van der Waals surface area contributed by atoms with E-state index in [0.29, 0.717) is 21.2 Å². The van der Waals surface area contributed by atoms with Crippen LogP contribution in [0.5, 0.6) is 0 Å². The van der Waals surface area contributed by atoms with Gasteiger partial charge in [0.1, 0.15) is 0 Å². The lowest BCUT2D eigenvalue weighted by Crippen LogP contribution is -2.01. The van der Waals surface area contributed by atoms with Gasteiger partial charge in [0, 0.05) is 39.1 Å². The Morgan fingerprint density at radius 2 is 1.38 bits per heavy atom. The van der Waals surface area contributed by atoms with Crippen molar-refractivity contribution in [3.8, 4) is 11.1 Å². The summed E-state index contributed by atoms with van der Waals surface area (Å²) in [6.07, 6.45) is 3.52. The Morgan fingerprint density at radius 1 is 0.810 bits per heavy atom. The van der Waals surface area contributed by atoms with Gasteiger partial charge in [0.05, 0.1) is 0 Å². The summed E-state index contributed by atoms with van der Waals surface area (Å²) in [6, 6.07) is 14.3. The van der Waals surface area contributed by atoms with Gasteiger partial charge >= 0.3 is 0 Å². The number of aromatic nitrogens is 1. The Morgan fingerprint density at radius 3 is 2.00 bits per heavy atom. The first kappa shape index (κ1) is 13.9. The van der Waals surface area contributed by atoms with E-state index in [9.17, 15) is 4.79 Å². The van der Waals surface area contributed by atoms with Crippen molar-refractivity contribution in [2.24, 2.45) is 0 Å². The van der Waals surface area contributed by atoms with Gasteiger partial charge in [-0.3, -0.25) is 4.79 Å². The molecule has 0 fully saturated rings. The molecule has 0 aliphatic heterocycles. The summed E-state index contributed by atoms with van der Waals surface area (Å²) >= 11 is 11.8. The van der Waals surface area contributed by atoms with E-state index in [4.69, 9.17) is 23.2 Å². The highest BCUT2D eigenvalue weighted by molar-refractivity contribution is 6.31. The van der Waals surface area contributed by atoms with Crippen LogP contribution in [0.1, 0.15) is 15.9 Å². The molecule has 0 aliphatic carbocycles. The Balaban J connectivity index is 2.00. The van der Waals surface area contributed by atoms with E-state index < -0.39 is 0 Å². The molecule has 4 heteroatoms. The van der Waals surface area contributed by atoms with Crippen LogP contribution in [0.25, 0.3) is 11.1 Å². The van der Waals surface area contributed by atoms with E-state index in [1.165, 1.54) is 0 Å². The maximum atomic E-state index is 12.6. The van der Waals surface area contributed by atoms with Crippen molar-refractivity contribution in [1.82, 2.24) is 4.98 Å². The molecule has 0 amide bonds. The van der Waals surface area contributed by atoms with Crippen LogP contribution in [0.15, 0.2) is 60.9 Å². The zero-order valence-electron chi connectivity index (χ0n) is 10.9. The maximum absolute atomic E-state index is 12.6. The number of H-pyrrole nitrogens is 1. The van der Waals surface area contributed by atoms with Crippen LogP contribution in [0.2, 0.25) is 10.0 Å². The van der Waals surface area contributed by atoms with Gasteiger partial charge in [-0.1, -0.05) is 35.3 Å². The van der Waals surface area contributed by atoms with E-state index >= 15 is 0 Å². The standard InChI is InChI=1S/C17H11Cl2NO/c18-13-5-1-11(2-6-13)15-9-20-10-16(15)17(21)12-3-7-14(19)8-4-12/h1-10,20H. The van der Waals surface area contributed by atoms with Crippen molar-refractivity contribution in [2.45, 2.75) is 0 Å². The molecule has 1 aromatic heterocycles. The first-order valence-corrected chi connectivity index (χ1v) is 7.14. The molecule has 1 N–H and O–H groups in total. The summed E-state index contributed by atoms with van der Waals surface area (Å²) in [5.41, 5.74) is 3.03. The lowest BCUT2D eigenvalue weighted by molar-refractivity contribution is 0.103. The van der Waals surface area contributed by atoms with Crippen molar-refractivity contribution < 1.29 is 4.79 Å². The molecular weight excluding hydrogens is 305 g/mol. The Kier molecular flexibility index (Phi) is 3.82. The summed E-state index contributed by atoms with van der Waals surface area (Å²) in [7, 11) is 0. The first-order chi connectivity index (χ1) is 10.1. The molecule has 3 aromatic rings. The third kappa shape index (κ3) is 2.87. The van der Waals surface area contributed by atoms with Gasteiger partial charge in [-0.2, -0.15) is 0 Å². The van der Waals surface area contributed by atoms with Crippen molar-refractivity contribution in [3.63, 3.8) is 0 Å². The SMILES string of the molecule is O=C(c1ccc(Cl)cc1)c1c[nH]cc1-c1ccc(Cl)cc1. The second-order valence-electron chi connectivity index (χ2n) is 4.63. The number of aromatic amines is 1. The average Bonchev–Trinajstić information content (AvgIpc) is 2.97. The second kappa shape index (κ2) is 5.76. The van der Waals surface area contributed by atoms with Crippen LogP contribution in [0.3, 0.4) is 0 Å². The van der Waals surface area contributed by atoms with Gasteiger partial charge in [-0.05, 0) is 42.0 Å². The largest absolute Gasteiger partial charge is 0.366 e. The zero-order valence-corrected chi connectivity index (χ0v) is 12.4. The Hall–Kier alpha value is -2.03. The number of hydrogen-bond acceptors (Lipinski definition) is 1. The highest BCUT2D eigenvalue weighted by atomic mass is 35.5. The van der Waals surface area contributed by atoms with Crippen LogP contribution >= 0.6 is 23.2 Å². The average molecular weight is 316 g/mol. The molecule has 0 saturated heterocycles. The fourth-order valence-electron chi connectivity index (χ4n) is 2.18. The van der Waals surface area contributed by atoms with Gasteiger partial charge < -0.3 is 4.98 Å². The number of nitrogens with one attached hydrogen (secondary N) is 1. The Bertz CT molecular complexity index is 773. The van der Waals surface area contributed by atoms with Crippen LogP contribution in [0.4, 0.5) is 0 Å². The van der Waals surface area contributed by atoms with Crippen LogP contribution in [-0.4, -0.2) is 10.8 Å². The smallest absolute Gasteiger partial charge is 0.195 e. The molecule has 0 spiro atoms. The molecule has 0 unspecified atom stereocenters. The topological polar surface area (TPSA) is 32.9 Å². The number of carbonyl (C=O) groups excluding carboxylic acids is 1. The molecule has 21 heavy (non-hydrogen) atoms. The zero-order chi connectivity index (χ0) is 14.8. The first-order valence-electron chi connectivity index (χ1n) is 6.38.